The first-order chi connectivity index (χ1) is 10.9. The maximum Gasteiger partial charge on any atom is 0.203 e. The van der Waals surface area contributed by atoms with Crippen LogP contribution in [0.15, 0.2) is 6.20 Å². The molecule has 0 bridgehead atoms. The number of nitrogens with zero attached hydrogens (tertiary/aromatic N) is 8. The lowest BCUT2D eigenvalue weighted by atomic mass is 10.0. The number of tetrazole rings is 2. The van der Waals surface area contributed by atoms with Crippen LogP contribution in [0.25, 0.3) is 11.5 Å². The monoisotopic (exact) mass is 301 g/mol. The van der Waals surface area contributed by atoms with Crippen molar-refractivity contribution in [3.05, 3.63) is 12.0 Å². The van der Waals surface area contributed by atoms with Gasteiger partial charge in [0.2, 0.25) is 5.95 Å². The summed E-state index contributed by atoms with van der Waals surface area (Å²) in [6.45, 7) is 1.85. The van der Waals surface area contributed by atoms with Gasteiger partial charge in [0.05, 0.1) is 0 Å². The molecule has 0 fully saturated rings. The summed E-state index contributed by atoms with van der Waals surface area (Å²) in [5.41, 5.74) is 0.751. The quantitative estimate of drug-likeness (QED) is 0.580. The van der Waals surface area contributed by atoms with Gasteiger partial charge in [-0.05, 0) is 39.6 Å². The molecule has 0 amide bonds. The van der Waals surface area contributed by atoms with Gasteiger partial charge in [-0.2, -0.15) is 0 Å². The van der Waals surface area contributed by atoms with E-state index in [1.165, 1.54) is 0 Å². The molecule has 1 aliphatic rings. The Hall–Kier alpha value is -2.85. The SMILES string of the molecule is c1c(-c2nnn[nH]2)nc2n1CC(CCCc1nnn[nH]1)CN2. The number of imidazole rings is 1. The largest absolute Gasteiger partial charge is 0.355 e. The first-order valence-corrected chi connectivity index (χ1v) is 7.16. The molecule has 0 aliphatic carbocycles. The van der Waals surface area contributed by atoms with Gasteiger partial charge in [-0.3, -0.25) is 0 Å². The Kier molecular flexibility index (Phi) is 3.22. The molecule has 0 spiro atoms. The number of nitrogens with one attached hydrogen (secondary N) is 3. The Morgan fingerprint density at radius 1 is 1.18 bits per heavy atom. The highest BCUT2D eigenvalue weighted by Gasteiger charge is 2.21. The van der Waals surface area contributed by atoms with Crippen LogP contribution >= 0.6 is 0 Å². The number of aromatic nitrogens is 10. The molecule has 1 unspecified atom stereocenters. The van der Waals surface area contributed by atoms with Gasteiger partial charge in [0.1, 0.15) is 11.5 Å². The number of aryl methyl sites for hydroxylation is 1. The molecule has 11 nitrogen and oxygen atoms in total. The van der Waals surface area contributed by atoms with E-state index in [9.17, 15) is 0 Å². The predicted molar refractivity (Wildman–Crippen MR) is 74.5 cm³/mol. The first kappa shape index (κ1) is 12.9. The molecule has 3 N–H and O–H groups in total. The van der Waals surface area contributed by atoms with Crippen LogP contribution in [0.1, 0.15) is 18.7 Å². The Morgan fingerprint density at radius 3 is 2.91 bits per heavy atom. The van der Waals surface area contributed by atoms with Gasteiger partial charge in [0.25, 0.3) is 0 Å². The number of hydrogen-bond donors (Lipinski definition) is 3. The molecule has 0 aromatic carbocycles. The zero-order valence-electron chi connectivity index (χ0n) is 11.8. The van der Waals surface area contributed by atoms with Crippen molar-refractivity contribution in [3.8, 4) is 11.5 Å². The fraction of sp³-hybridized carbons (Fsp3) is 0.545. The Labute approximate surface area is 124 Å². The average molecular weight is 301 g/mol. The summed E-state index contributed by atoms with van der Waals surface area (Å²) in [6.07, 6.45) is 4.99. The van der Waals surface area contributed by atoms with Crippen LogP contribution in [-0.2, 0) is 13.0 Å². The molecule has 1 aliphatic heterocycles. The summed E-state index contributed by atoms with van der Waals surface area (Å²) in [5.74, 6) is 2.84. The lowest BCUT2D eigenvalue weighted by Crippen LogP contribution is -2.27. The lowest BCUT2D eigenvalue weighted by molar-refractivity contribution is 0.402. The zero-order valence-corrected chi connectivity index (χ0v) is 11.8. The smallest absolute Gasteiger partial charge is 0.203 e. The van der Waals surface area contributed by atoms with Crippen LogP contribution in [-0.4, -0.2) is 57.3 Å². The summed E-state index contributed by atoms with van der Waals surface area (Å²) in [4.78, 5) is 4.50. The lowest BCUT2D eigenvalue weighted by Gasteiger charge is -2.24. The third kappa shape index (κ3) is 2.52. The second kappa shape index (κ2) is 5.50. The van der Waals surface area contributed by atoms with Crippen LogP contribution in [0, 0.1) is 5.92 Å². The summed E-state index contributed by atoms with van der Waals surface area (Å²) in [7, 11) is 0. The van der Waals surface area contributed by atoms with E-state index in [2.05, 4.69) is 56.1 Å². The third-order valence-electron chi connectivity index (χ3n) is 3.78. The van der Waals surface area contributed by atoms with Gasteiger partial charge in [-0.25, -0.2) is 15.2 Å². The van der Waals surface area contributed by atoms with Crippen molar-refractivity contribution in [2.75, 3.05) is 11.9 Å². The molecule has 1 atom stereocenters. The third-order valence-corrected chi connectivity index (χ3v) is 3.78. The molecule has 0 radical (unpaired) electrons. The molecule has 4 rings (SSSR count). The fourth-order valence-electron chi connectivity index (χ4n) is 2.69. The summed E-state index contributed by atoms with van der Waals surface area (Å²) >= 11 is 0. The van der Waals surface area contributed by atoms with E-state index in [1.807, 2.05) is 6.20 Å². The number of rotatable bonds is 5. The molecule has 22 heavy (non-hydrogen) atoms. The Morgan fingerprint density at radius 2 is 2.09 bits per heavy atom. The standard InChI is InChI=1S/C11H15N11/c1(3-9-14-18-19-15-9)2-7-4-12-11-13-8(6-22(11)5-7)10-16-20-21-17-10/h6-7H,1-5H2,(H,12,13)(H,14,15,18,19)(H,16,17,20,21). The van der Waals surface area contributed by atoms with E-state index in [-0.39, 0.29) is 0 Å². The predicted octanol–water partition coefficient (Wildman–Crippen LogP) is -0.359. The van der Waals surface area contributed by atoms with Crippen molar-refractivity contribution < 1.29 is 0 Å². The van der Waals surface area contributed by atoms with Crippen LogP contribution < -0.4 is 5.32 Å². The number of H-pyrrole nitrogens is 2. The van der Waals surface area contributed by atoms with E-state index in [0.29, 0.717) is 11.7 Å². The minimum Gasteiger partial charge on any atom is -0.355 e. The molecule has 3 aromatic rings. The summed E-state index contributed by atoms with van der Waals surface area (Å²) in [6, 6.07) is 0. The van der Waals surface area contributed by atoms with Gasteiger partial charge in [-0.1, -0.05) is 0 Å². The van der Waals surface area contributed by atoms with E-state index >= 15 is 0 Å². The number of fused-ring (bicyclic) bond motifs is 1. The average Bonchev–Trinajstić information content (AvgIpc) is 3.27. The van der Waals surface area contributed by atoms with E-state index in [0.717, 1.165) is 49.8 Å². The maximum atomic E-state index is 4.50. The highest BCUT2D eigenvalue weighted by molar-refractivity contribution is 5.51. The van der Waals surface area contributed by atoms with E-state index in [4.69, 9.17) is 0 Å². The van der Waals surface area contributed by atoms with E-state index in [1.54, 1.807) is 0 Å². The van der Waals surface area contributed by atoms with Gasteiger partial charge in [0.15, 0.2) is 5.82 Å². The Bertz CT molecular complexity index is 713. The molecule has 3 aromatic heterocycles. The summed E-state index contributed by atoms with van der Waals surface area (Å²) < 4.78 is 2.11. The minimum atomic E-state index is 0.554. The Balaban J connectivity index is 1.37. The first-order valence-electron chi connectivity index (χ1n) is 7.16. The number of hydrogen-bond acceptors (Lipinski definition) is 8. The molecule has 0 saturated carbocycles. The molecule has 11 heteroatoms. The maximum absolute atomic E-state index is 4.50. The topological polar surface area (TPSA) is 139 Å². The highest BCUT2D eigenvalue weighted by atomic mass is 15.5. The zero-order chi connectivity index (χ0) is 14.8. The highest BCUT2D eigenvalue weighted by Crippen LogP contribution is 2.24. The summed E-state index contributed by atoms with van der Waals surface area (Å²) in [5, 5.41) is 31.0. The fourth-order valence-corrected chi connectivity index (χ4v) is 2.69. The van der Waals surface area contributed by atoms with Crippen molar-refractivity contribution >= 4 is 5.95 Å². The second-order valence-corrected chi connectivity index (χ2v) is 5.34. The molecular formula is C11H15N11. The van der Waals surface area contributed by atoms with Crippen molar-refractivity contribution in [1.29, 1.82) is 0 Å². The minimum absolute atomic E-state index is 0.554. The molecular weight excluding hydrogens is 286 g/mol. The number of anilines is 1. The van der Waals surface area contributed by atoms with Crippen molar-refractivity contribution in [2.24, 2.45) is 5.92 Å². The normalized spacial score (nSPS) is 17.2. The van der Waals surface area contributed by atoms with Gasteiger partial charge in [0, 0.05) is 25.7 Å². The van der Waals surface area contributed by atoms with Crippen molar-refractivity contribution in [1.82, 2.24) is 50.8 Å². The van der Waals surface area contributed by atoms with Crippen LogP contribution in [0.3, 0.4) is 0 Å². The van der Waals surface area contributed by atoms with Crippen LogP contribution in [0.5, 0.6) is 0 Å². The molecule has 114 valence electrons. The van der Waals surface area contributed by atoms with Gasteiger partial charge >= 0.3 is 0 Å². The van der Waals surface area contributed by atoms with Crippen LogP contribution in [0.2, 0.25) is 0 Å². The van der Waals surface area contributed by atoms with Gasteiger partial charge in [-0.15, -0.1) is 10.2 Å². The van der Waals surface area contributed by atoms with Crippen molar-refractivity contribution in [2.45, 2.75) is 25.8 Å². The van der Waals surface area contributed by atoms with Crippen LogP contribution in [0.4, 0.5) is 5.95 Å². The second-order valence-electron chi connectivity index (χ2n) is 5.34. The van der Waals surface area contributed by atoms with E-state index < -0.39 is 0 Å². The van der Waals surface area contributed by atoms with Gasteiger partial charge < -0.3 is 9.88 Å². The molecule has 4 heterocycles. The molecule has 0 saturated heterocycles. The number of aromatic amines is 2. The van der Waals surface area contributed by atoms with Crippen molar-refractivity contribution in [3.63, 3.8) is 0 Å².